The molecule has 19 heavy (non-hydrogen) atoms. The van der Waals surface area contributed by atoms with Gasteiger partial charge >= 0.3 is 6.09 Å². The van der Waals surface area contributed by atoms with Gasteiger partial charge in [-0.3, -0.25) is 15.0 Å². The van der Waals surface area contributed by atoms with Crippen molar-refractivity contribution in [2.75, 3.05) is 20.2 Å². The number of hydrogen-bond donors (Lipinski definition) is 1. The molecular weight excluding hydrogens is 268 g/mol. The van der Waals surface area contributed by atoms with Crippen molar-refractivity contribution in [2.45, 2.75) is 13.5 Å². The van der Waals surface area contributed by atoms with E-state index < -0.39 is 12.0 Å². The van der Waals surface area contributed by atoms with Crippen molar-refractivity contribution in [1.29, 1.82) is 0 Å². The van der Waals surface area contributed by atoms with E-state index in [1.54, 1.807) is 31.0 Å². The molecule has 5 nitrogen and oxygen atoms in total. The number of carbonyl (C=O) groups is 2. The van der Waals surface area contributed by atoms with Crippen LogP contribution in [0.15, 0.2) is 24.3 Å². The first-order valence-electron chi connectivity index (χ1n) is 5.91. The highest BCUT2D eigenvalue weighted by Crippen LogP contribution is 2.10. The fourth-order valence-electron chi connectivity index (χ4n) is 1.52. The number of alkyl carbamates (subject to hydrolysis) is 1. The van der Waals surface area contributed by atoms with Gasteiger partial charge in [0.2, 0.25) is 5.91 Å². The second-order valence-electron chi connectivity index (χ2n) is 4.07. The molecule has 0 aromatic heterocycles. The minimum absolute atomic E-state index is 0.113. The van der Waals surface area contributed by atoms with E-state index >= 15 is 0 Å². The molecular formula is C13H17ClN2O3. The molecule has 0 heterocycles. The molecule has 1 rings (SSSR count). The van der Waals surface area contributed by atoms with E-state index in [0.717, 1.165) is 5.56 Å². The van der Waals surface area contributed by atoms with Crippen LogP contribution in [0, 0.1) is 0 Å². The van der Waals surface area contributed by atoms with E-state index in [2.05, 4.69) is 10.1 Å². The first-order valence-corrected chi connectivity index (χ1v) is 6.28. The van der Waals surface area contributed by atoms with Crippen LogP contribution in [0.3, 0.4) is 0 Å². The summed E-state index contributed by atoms with van der Waals surface area (Å²) in [4.78, 5) is 24.3. The summed E-state index contributed by atoms with van der Waals surface area (Å²) < 4.78 is 4.62. The maximum Gasteiger partial charge on any atom is 0.413 e. The normalized spacial score (nSPS) is 10.3. The van der Waals surface area contributed by atoms with E-state index in [1.807, 2.05) is 12.1 Å². The van der Waals surface area contributed by atoms with Crippen LogP contribution in [0.25, 0.3) is 0 Å². The van der Waals surface area contributed by atoms with E-state index in [1.165, 1.54) is 0 Å². The molecule has 0 aliphatic carbocycles. The second-order valence-corrected chi connectivity index (χ2v) is 4.50. The van der Waals surface area contributed by atoms with Crippen LogP contribution in [-0.4, -0.2) is 37.1 Å². The van der Waals surface area contributed by atoms with E-state index in [-0.39, 0.29) is 13.2 Å². The molecule has 0 saturated carbocycles. The lowest BCUT2D eigenvalue weighted by Crippen LogP contribution is -2.38. The molecule has 0 atom stereocenters. The predicted octanol–water partition coefficient (Wildman–Crippen LogP) is 2.04. The second kappa shape index (κ2) is 7.76. The van der Waals surface area contributed by atoms with Crippen molar-refractivity contribution in [3.63, 3.8) is 0 Å². The number of nitrogens with zero attached hydrogens (tertiary/aromatic N) is 1. The Kier molecular flexibility index (Phi) is 6.32. The van der Waals surface area contributed by atoms with Crippen LogP contribution in [0.1, 0.15) is 12.5 Å². The Hall–Kier alpha value is -1.59. The van der Waals surface area contributed by atoms with Gasteiger partial charge in [-0.2, -0.15) is 0 Å². The number of hydrogen-bond acceptors (Lipinski definition) is 4. The van der Waals surface area contributed by atoms with Crippen LogP contribution in [0.5, 0.6) is 0 Å². The maximum atomic E-state index is 11.5. The maximum absolute atomic E-state index is 11.5. The Morgan fingerprint density at radius 1 is 1.32 bits per heavy atom. The van der Waals surface area contributed by atoms with Crippen molar-refractivity contribution in [2.24, 2.45) is 0 Å². The third-order valence-electron chi connectivity index (χ3n) is 2.30. The van der Waals surface area contributed by atoms with Gasteiger partial charge < -0.3 is 4.74 Å². The molecule has 0 spiro atoms. The fourth-order valence-corrected chi connectivity index (χ4v) is 1.65. The van der Waals surface area contributed by atoms with Crippen LogP contribution in [0.4, 0.5) is 4.79 Å². The van der Waals surface area contributed by atoms with Crippen molar-refractivity contribution < 1.29 is 14.3 Å². The van der Waals surface area contributed by atoms with Crippen LogP contribution < -0.4 is 5.32 Å². The number of nitrogens with one attached hydrogen (secondary N) is 1. The third-order valence-corrected chi connectivity index (χ3v) is 2.55. The summed E-state index contributed by atoms with van der Waals surface area (Å²) in [6.45, 7) is 2.62. The van der Waals surface area contributed by atoms with Crippen LogP contribution in [0.2, 0.25) is 5.02 Å². The molecule has 0 saturated heterocycles. The quantitative estimate of drug-likeness (QED) is 0.899. The highest BCUT2D eigenvalue weighted by atomic mass is 35.5. The lowest BCUT2D eigenvalue weighted by Gasteiger charge is -2.15. The number of carbonyl (C=O) groups excluding carboxylic acids is 2. The molecule has 104 valence electrons. The smallest absolute Gasteiger partial charge is 0.413 e. The van der Waals surface area contributed by atoms with Gasteiger partial charge in [0, 0.05) is 11.6 Å². The number of benzene rings is 1. The average molecular weight is 285 g/mol. The number of imide groups is 1. The lowest BCUT2D eigenvalue weighted by molar-refractivity contribution is -0.121. The minimum Gasteiger partial charge on any atom is -0.450 e. The summed E-state index contributed by atoms with van der Waals surface area (Å²) in [5.41, 5.74) is 1.04. The molecule has 0 aliphatic rings. The average Bonchev–Trinajstić information content (AvgIpc) is 2.32. The molecule has 2 amide bonds. The Morgan fingerprint density at radius 3 is 2.53 bits per heavy atom. The van der Waals surface area contributed by atoms with Crippen molar-refractivity contribution in [3.05, 3.63) is 34.9 Å². The van der Waals surface area contributed by atoms with Gasteiger partial charge in [0.1, 0.15) is 0 Å². The molecule has 1 aromatic rings. The summed E-state index contributed by atoms with van der Waals surface area (Å²) in [5.74, 6) is -0.394. The van der Waals surface area contributed by atoms with Gasteiger partial charge in [-0.1, -0.05) is 23.7 Å². The number of amides is 2. The molecule has 0 bridgehead atoms. The summed E-state index contributed by atoms with van der Waals surface area (Å²) in [7, 11) is 1.79. The molecule has 0 radical (unpaired) electrons. The van der Waals surface area contributed by atoms with Crippen molar-refractivity contribution in [1.82, 2.24) is 10.2 Å². The molecule has 0 aliphatic heterocycles. The Bertz CT molecular complexity index is 434. The van der Waals surface area contributed by atoms with Crippen LogP contribution in [-0.2, 0) is 16.1 Å². The molecule has 1 aromatic carbocycles. The molecule has 0 fully saturated rings. The fraction of sp³-hybridized carbons (Fsp3) is 0.385. The number of halogens is 1. The van der Waals surface area contributed by atoms with Gasteiger partial charge in [-0.15, -0.1) is 0 Å². The number of ether oxygens (including phenoxy) is 1. The Balaban J connectivity index is 2.38. The Labute approximate surface area is 117 Å². The summed E-state index contributed by atoms with van der Waals surface area (Å²) in [6, 6.07) is 7.37. The molecule has 6 heteroatoms. The standard InChI is InChI=1S/C13H17ClN2O3/c1-3-19-13(18)15-12(17)9-16(2)8-10-4-6-11(14)7-5-10/h4-7H,3,8-9H2,1-2H3,(H,15,17,18). The predicted molar refractivity (Wildman–Crippen MR) is 73.0 cm³/mol. The number of rotatable bonds is 5. The van der Waals surface area contributed by atoms with Crippen molar-refractivity contribution >= 4 is 23.6 Å². The first-order chi connectivity index (χ1) is 9.01. The zero-order valence-electron chi connectivity index (χ0n) is 11.0. The van der Waals surface area contributed by atoms with Gasteiger partial charge in [-0.25, -0.2) is 4.79 Å². The summed E-state index contributed by atoms with van der Waals surface area (Å²) >= 11 is 5.79. The monoisotopic (exact) mass is 284 g/mol. The third kappa shape index (κ3) is 6.22. The SMILES string of the molecule is CCOC(=O)NC(=O)CN(C)Cc1ccc(Cl)cc1. The van der Waals surface area contributed by atoms with E-state index in [9.17, 15) is 9.59 Å². The molecule has 1 N–H and O–H groups in total. The largest absolute Gasteiger partial charge is 0.450 e. The lowest BCUT2D eigenvalue weighted by atomic mass is 10.2. The van der Waals surface area contributed by atoms with Gasteiger partial charge in [0.15, 0.2) is 0 Å². The van der Waals surface area contributed by atoms with E-state index in [0.29, 0.717) is 11.6 Å². The summed E-state index contributed by atoms with van der Waals surface area (Å²) in [5, 5.41) is 2.82. The summed E-state index contributed by atoms with van der Waals surface area (Å²) in [6.07, 6.45) is -0.715. The molecule has 0 unspecified atom stereocenters. The van der Waals surface area contributed by atoms with Gasteiger partial charge in [-0.05, 0) is 31.7 Å². The Morgan fingerprint density at radius 2 is 1.95 bits per heavy atom. The minimum atomic E-state index is -0.715. The zero-order valence-corrected chi connectivity index (χ0v) is 11.7. The topological polar surface area (TPSA) is 58.6 Å². The van der Waals surface area contributed by atoms with Gasteiger partial charge in [0.05, 0.1) is 13.2 Å². The zero-order chi connectivity index (χ0) is 14.3. The first kappa shape index (κ1) is 15.5. The van der Waals surface area contributed by atoms with E-state index in [4.69, 9.17) is 11.6 Å². The van der Waals surface area contributed by atoms with Gasteiger partial charge in [0.25, 0.3) is 0 Å². The highest BCUT2D eigenvalue weighted by molar-refractivity contribution is 6.30. The highest BCUT2D eigenvalue weighted by Gasteiger charge is 2.11. The van der Waals surface area contributed by atoms with Crippen LogP contribution >= 0.6 is 11.6 Å². The van der Waals surface area contributed by atoms with Crippen molar-refractivity contribution in [3.8, 4) is 0 Å². The number of likely N-dealkylation sites (N-methyl/N-ethyl adjacent to an activating group) is 1.